The Morgan fingerprint density at radius 1 is 1.41 bits per heavy atom. The second-order valence-electron chi connectivity index (χ2n) is 6.83. The van der Waals surface area contributed by atoms with Crippen LogP contribution in [0.25, 0.3) is 10.8 Å². The summed E-state index contributed by atoms with van der Waals surface area (Å²) in [5.41, 5.74) is 3.43. The van der Waals surface area contributed by atoms with Gasteiger partial charge in [0.2, 0.25) is 0 Å². The molecule has 1 aliphatic heterocycles. The molecular formula is C22H25N3O2. The molecule has 1 N–H and O–H groups in total. The van der Waals surface area contributed by atoms with Gasteiger partial charge in [-0.05, 0) is 55.1 Å². The minimum atomic E-state index is -0.327. The Morgan fingerprint density at radius 3 is 3.07 bits per heavy atom. The van der Waals surface area contributed by atoms with Crippen molar-refractivity contribution in [2.24, 2.45) is 0 Å². The van der Waals surface area contributed by atoms with Gasteiger partial charge < -0.3 is 0 Å². The van der Waals surface area contributed by atoms with Gasteiger partial charge in [-0.15, -0.1) is 6.58 Å². The fourth-order valence-corrected chi connectivity index (χ4v) is 3.68. The predicted molar refractivity (Wildman–Crippen MR) is 106 cm³/mol. The Labute approximate surface area is 160 Å². The molecular weight excluding hydrogens is 338 g/mol. The summed E-state index contributed by atoms with van der Waals surface area (Å²) in [5, 5.41) is 11.1. The molecule has 2 aromatic carbocycles. The molecule has 1 saturated heterocycles. The summed E-state index contributed by atoms with van der Waals surface area (Å²) in [6.45, 7) is 6.41. The van der Waals surface area contributed by atoms with E-state index >= 15 is 0 Å². The number of carbonyl (C=O) groups excluding carboxylic acids is 1. The Morgan fingerprint density at radius 2 is 2.26 bits per heavy atom. The molecule has 1 aliphatic rings. The Kier molecular flexibility index (Phi) is 6.59. The van der Waals surface area contributed by atoms with E-state index in [2.05, 4.69) is 23.0 Å². The predicted octanol–water partition coefficient (Wildman–Crippen LogP) is 3.80. The normalized spacial score (nSPS) is 16.9. The molecule has 0 bridgehead atoms. The maximum Gasteiger partial charge on any atom is 0.274 e. The van der Waals surface area contributed by atoms with Crippen molar-refractivity contribution >= 4 is 16.7 Å². The highest BCUT2D eigenvalue weighted by Crippen LogP contribution is 2.21. The van der Waals surface area contributed by atoms with Crippen molar-refractivity contribution in [1.82, 2.24) is 10.4 Å². The number of amides is 1. The first-order chi connectivity index (χ1) is 13.2. The van der Waals surface area contributed by atoms with E-state index in [1.54, 1.807) is 12.1 Å². The molecule has 0 aromatic heterocycles. The summed E-state index contributed by atoms with van der Waals surface area (Å²) in [6.07, 6.45) is 6.22. The van der Waals surface area contributed by atoms with Crippen LogP contribution in [0.1, 0.15) is 41.6 Å². The summed E-state index contributed by atoms with van der Waals surface area (Å²) in [5.74, 6) is -0.327. The second-order valence-corrected chi connectivity index (χ2v) is 6.83. The fraction of sp³-hybridized carbons (Fsp3) is 0.364. The summed E-state index contributed by atoms with van der Waals surface area (Å²) in [4.78, 5) is 20.3. The van der Waals surface area contributed by atoms with Gasteiger partial charge in [0.15, 0.2) is 0 Å². The summed E-state index contributed by atoms with van der Waals surface area (Å²) in [6, 6.07) is 13.6. The van der Waals surface area contributed by atoms with E-state index in [1.807, 2.05) is 30.3 Å². The largest absolute Gasteiger partial charge is 0.300 e. The van der Waals surface area contributed by atoms with Crippen LogP contribution >= 0.6 is 0 Å². The van der Waals surface area contributed by atoms with Gasteiger partial charge in [-0.3, -0.25) is 14.5 Å². The SMILES string of the molecule is C=CCCN1CCCC1CCONC(=O)c1cc(C#N)c2ccccc2c1. The van der Waals surface area contributed by atoms with Gasteiger partial charge in [0.25, 0.3) is 5.91 Å². The molecule has 1 unspecified atom stereocenters. The van der Waals surface area contributed by atoms with Gasteiger partial charge in [0.1, 0.15) is 0 Å². The van der Waals surface area contributed by atoms with Crippen LogP contribution in [0.3, 0.4) is 0 Å². The number of nitriles is 1. The van der Waals surface area contributed by atoms with Crippen molar-refractivity contribution in [2.75, 3.05) is 19.7 Å². The highest BCUT2D eigenvalue weighted by Gasteiger charge is 2.23. The lowest BCUT2D eigenvalue weighted by Gasteiger charge is -2.23. The fourth-order valence-electron chi connectivity index (χ4n) is 3.68. The first kappa shape index (κ1) is 19.1. The number of hydrogen-bond acceptors (Lipinski definition) is 4. The van der Waals surface area contributed by atoms with Crippen LogP contribution in [-0.2, 0) is 4.84 Å². The van der Waals surface area contributed by atoms with Crippen molar-refractivity contribution in [3.8, 4) is 6.07 Å². The maximum absolute atomic E-state index is 12.4. The van der Waals surface area contributed by atoms with Gasteiger partial charge in [0.05, 0.1) is 18.2 Å². The van der Waals surface area contributed by atoms with Crippen LogP contribution in [0.15, 0.2) is 49.1 Å². The highest BCUT2D eigenvalue weighted by molar-refractivity contribution is 6.00. The molecule has 27 heavy (non-hydrogen) atoms. The number of hydroxylamine groups is 1. The molecule has 0 radical (unpaired) electrons. The molecule has 1 amide bonds. The van der Waals surface area contributed by atoms with Crippen LogP contribution in [0.5, 0.6) is 0 Å². The molecule has 140 valence electrons. The number of hydrogen-bond donors (Lipinski definition) is 1. The van der Waals surface area contributed by atoms with Crippen molar-refractivity contribution in [3.63, 3.8) is 0 Å². The van der Waals surface area contributed by atoms with Gasteiger partial charge in [-0.1, -0.05) is 30.3 Å². The van der Waals surface area contributed by atoms with Gasteiger partial charge >= 0.3 is 0 Å². The average molecular weight is 363 g/mol. The number of fused-ring (bicyclic) bond motifs is 1. The topological polar surface area (TPSA) is 65.4 Å². The van der Waals surface area contributed by atoms with E-state index in [1.165, 1.54) is 12.8 Å². The van der Waals surface area contributed by atoms with Crippen LogP contribution in [0, 0.1) is 11.3 Å². The lowest BCUT2D eigenvalue weighted by atomic mass is 10.0. The third-order valence-electron chi connectivity index (χ3n) is 5.08. The van der Waals surface area contributed by atoms with Crippen LogP contribution < -0.4 is 5.48 Å². The number of likely N-dealkylation sites (tertiary alicyclic amines) is 1. The summed E-state index contributed by atoms with van der Waals surface area (Å²) < 4.78 is 0. The number of carbonyl (C=O) groups is 1. The Balaban J connectivity index is 1.53. The summed E-state index contributed by atoms with van der Waals surface area (Å²) >= 11 is 0. The minimum Gasteiger partial charge on any atom is -0.300 e. The first-order valence-electron chi connectivity index (χ1n) is 9.43. The molecule has 5 heteroatoms. The Hall–Kier alpha value is -2.68. The number of benzene rings is 2. The molecule has 3 rings (SSSR count). The number of nitrogens with zero attached hydrogens (tertiary/aromatic N) is 2. The molecule has 2 aromatic rings. The molecule has 1 atom stereocenters. The first-order valence-corrected chi connectivity index (χ1v) is 9.43. The quantitative estimate of drug-likeness (QED) is 0.440. The van der Waals surface area contributed by atoms with E-state index in [-0.39, 0.29) is 5.91 Å². The van der Waals surface area contributed by atoms with Gasteiger partial charge in [-0.25, -0.2) is 5.48 Å². The second kappa shape index (κ2) is 9.31. The van der Waals surface area contributed by atoms with E-state index in [0.29, 0.717) is 23.8 Å². The maximum atomic E-state index is 12.4. The number of nitrogens with one attached hydrogen (secondary N) is 1. The van der Waals surface area contributed by atoms with Crippen LogP contribution in [0.2, 0.25) is 0 Å². The molecule has 0 spiro atoms. The van der Waals surface area contributed by atoms with E-state index < -0.39 is 0 Å². The van der Waals surface area contributed by atoms with Crippen molar-refractivity contribution in [1.29, 1.82) is 5.26 Å². The zero-order valence-electron chi connectivity index (χ0n) is 15.5. The Bertz CT molecular complexity index is 856. The van der Waals surface area contributed by atoms with Crippen molar-refractivity contribution < 1.29 is 9.63 Å². The third kappa shape index (κ3) is 4.73. The van der Waals surface area contributed by atoms with Gasteiger partial charge in [-0.2, -0.15) is 5.26 Å². The molecule has 5 nitrogen and oxygen atoms in total. The molecule has 0 saturated carbocycles. The monoisotopic (exact) mass is 363 g/mol. The lowest BCUT2D eigenvalue weighted by Crippen LogP contribution is -2.32. The van der Waals surface area contributed by atoms with Gasteiger partial charge in [0, 0.05) is 18.2 Å². The molecule has 0 aliphatic carbocycles. The van der Waals surface area contributed by atoms with Crippen molar-refractivity contribution in [2.45, 2.75) is 31.7 Å². The third-order valence-corrected chi connectivity index (χ3v) is 5.08. The molecule has 1 fully saturated rings. The molecule has 1 heterocycles. The zero-order chi connectivity index (χ0) is 19.1. The standard InChI is InChI=1S/C22H25N3O2/c1-2-3-11-25-12-6-8-20(25)10-13-27-24-22(26)18-14-17-7-4-5-9-21(17)19(15-18)16-23/h2,4-5,7,9,14-15,20H,1,3,6,8,10-13H2,(H,24,26). The van der Waals surface area contributed by atoms with E-state index in [4.69, 9.17) is 4.84 Å². The smallest absolute Gasteiger partial charge is 0.274 e. The summed E-state index contributed by atoms with van der Waals surface area (Å²) in [7, 11) is 0. The van der Waals surface area contributed by atoms with Crippen molar-refractivity contribution in [3.05, 3.63) is 60.2 Å². The minimum absolute atomic E-state index is 0.327. The number of rotatable bonds is 8. The average Bonchev–Trinajstić information content (AvgIpc) is 3.15. The zero-order valence-corrected chi connectivity index (χ0v) is 15.5. The van der Waals surface area contributed by atoms with E-state index in [0.717, 1.165) is 36.7 Å². The highest BCUT2D eigenvalue weighted by atomic mass is 16.6. The lowest BCUT2D eigenvalue weighted by molar-refractivity contribution is 0.0241. The van der Waals surface area contributed by atoms with E-state index in [9.17, 15) is 10.1 Å². The van der Waals surface area contributed by atoms with Crippen LogP contribution in [-0.4, -0.2) is 36.5 Å². The van der Waals surface area contributed by atoms with Crippen LogP contribution in [0.4, 0.5) is 0 Å².